The number of rotatable bonds is 7. The fourth-order valence-electron chi connectivity index (χ4n) is 1.87. The summed E-state index contributed by atoms with van der Waals surface area (Å²) in [5.74, 6) is 1.72. The fraction of sp³-hybridized carbons (Fsp3) is 0.846. The monoisotopic (exact) mass is 182 g/mol. The lowest BCUT2D eigenvalue weighted by Gasteiger charge is -2.16. The Balaban J connectivity index is 3.71. The smallest absolute Gasteiger partial charge is 0.0259 e. The summed E-state index contributed by atoms with van der Waals surface area (Å²) in [5, 5.41) is 0. The third-order valence-corrected chi connectivity index (χ3v) is 2.68. The van der Waals surface area contributed by atoms with Crippen LogP contribution >= 0.6 is 0 Å². The van der Waals surface area contributed by atoms with Gasteiger partial charge in [0.2, 0.25) is 0 Å². The second kappa shape index (κ2) is 8.34. The molecular weight excluding hydrogens is 156 g/mol. The van der Waals surface area contributed by atoms with Crippen molar-refractivity contribution >= 4 is 0 Å². The fourth-order valence-corrected chi connectivity index (χ4v) is 1.87. The van der Waals surface area contributed by atoms with Crippen LogP contribution in [-0.2, 0) is 0 Å². The van der Waals surface area contributed by atoms with Crippen molar-refractivity contribution in [3.63, 3.8) is 0 Å². The van der Waals surface area contributed by atoms with Gasteiger partial charge in [-0.3, -0.25) is 0 Å². The van der Waals surface area contributed by atoms with Crippen LogP contribution in [0.25, 0.3) is 0 Å². The Morgan fingerprint density at radius 2 is 1.85 bits per heavy atom. The van der Waals surface area contributed by atoms with Gasteiger partial charge in [-0.25, -0.2) is 0 Å². The standard InChI is InChI=1S/C13H26/c1-5-8-10-12(4)11-13(7-3)9-6-2/h8,10,12-13H,5-7,9,11H2,1-4H3. The normalized spacial score (nSPS) is 16.3. The van der Waals surface area contributed by atoms with Crippen LogP contribution in [0.3, 0.4) is 0 Å². The summed E-state index contributed by atoms with van der Waals surface area (Å²) >= 11 is 0. The molecule has 0 N–H and O–H groups in total. The van der Waals surface area contributed by atoms with Gasteiger partial charge in [0.1, 0.15) is 0 Å². The van der Waals surface area contributed by atoms with Crippen molar-refractivity contribution < 1.29 is 0 Å². The van der Waals surface area contributed by atoms with E-state index in [1.807, 2.05) is 0 Å². The first-order valence-electron chi connectivity index (χ1n) is 5.91. The molecule has 0 rings (SSSR count). The van der Waals surface area contributed by atoms with E-state index in [2.05, 4.69) is 39.8 Å². The van der Waals surface area contributed by atoms with Gasteiger partial charge in [0.25, 0.3) is 0 Å². The Morgan fingerprint density at radius 3 is 2.31 bits per heavy atom. The summed E-state index contributed by atoms with van der Waals surface area (Å²) in [6.45, 7) is 9.14. The molecule has 0 aromatic heterocycles. The molecule has 0 radical (unpaired) electrons. The van der Waals surface area contributed by atoms with E-state index in [9.17, 15) is 0 Å². The molecule has 0 saturated carbocycles. The highest BCUT2D eigenvalue weighted by Gasteiger charge is 2.07. The Labute approximate surface area is 84.4 Å². The highest BCUT2D eigenvalue weighted by atomic mass is 14.1. The Bertz CT molecular complexity index is 124. The number of hydrogen-bond donors (Lipinski definition) is 0. The first-order chi connectivity index (χ1) is 6.24. The third kappa shape index (κ3) is 6.86. The lowest BCUT2D eigenvalue weighted by atomic mass is 9.90. The van der Waals surface area contributed by atoms with E-state index >= 15 is 0 Å². The Kier molecular flexibility index (Phi) is 8.18. The lowest BCUT2D eigenvalue weighted by Crippen LogP contribution is -2.03. The zero-order valence-electron chi connectivity index (χ0n) is 9.84. The van der Waals surface area contributed by atoms with E-state index in [4.69, 9.17) is 0 Å². The molecule has 0 aromatic rings. The molecule has 0 bridgehead atoms. The highest BCUT2D eigenvalue weighted by Crippen LogP contribution is 2.21. The molecule has 0 heterocycles. The van der Waals surface area contributed by atoms with Gasteiger partial charge >= 0.3 is 0 Å². The second-order valence-electron chi connectivity index (χ2n) is 4.11. The predicted molar refractivity (Wildman–Crippen MR) is 61.9 cm³/mol. The number of allylic oxidation sites excluding steroid dienone is 2. The van der Waals surface area contributed by atoms with Crippen molar-refractivity contribution in [2.75, 3.05) is 0 Å². The molecule has 0 fully saturated rings. The first kappa shape index (κ1) is 12.7. The van der Waals surface area contributed by atoms with Crippen molar-refractivity contribution in [3.8, 4) is 0 Å². The van der Waals surface area contributed by atoms with E-state index in [1.54, 1.807) is 0 Å². The SMILES string of the molecule is CCC=CC(C)CC(CC)CCC. The molecule has 0 aliphatic carbocycles. The molecule has 13 heavy (non-hydrogen) atoms. The van der Waals surface area contributed by atoms with Gasteiger partial charge < -0.3 is 0 Å². The second-order valence-corrected chi connectivity index (χ2v) is 4.11. The highest BCUT2D eigenvalue weighted by molar-refractivity contribution is 4.86. The quantitative estimate of drug-likeness (QED) is 0.496. The zero-order chi connectivity index (χ0) is 10.1. The Morgan fingerprint density at radius 1 is 1.15 bits per heavy atom. The van der Waals surface area contributed by atoms with E-state index in [0.717, 1.165) is 11.8 Å². The molecule has 0 nitrogen and oxygen atoms in total. The minimum atomic E-state index is 0.774. The molecular formula is C13H26. The van der Waals surface area contributed by atoms with Crippen LogP contribution in [0.4, 0.5) is 0 Å². The van der Waals surface area contributed by atoms with Crippen LogP contribution in [0.5, 0.6) is 0 Å². The van der Waals surface area contributed by atoms with Gasteiger partial charge in [-0.05, 0) is 24.7 Å². The third-order valence-electron chi connectivity index (χ3n) is 2.68. The zero-order valence-corrected chi connectivity index (χ0v) is 9.84. The molecule has 0 aliphatic rings. The summed E-state index contributed by atoms with van der Waals surface area (Å²) in [6.07, 6.45) is 11.3. The van der Waals surface area contributed by atoms with Crippen LogP contribution in [0.15, 0.2) is 12.2 Å². The topological polar surface area (TPSA) is 0 Å². The van der Waals surface area contributed by atoms with Crippen LogP contribution < -0.4 is 0 Å². The van der Waals surface area contributed by atoms with Crippen molar-refractivity contribution in [2.24, 2.45) is 11.8 Å². The average Bonchev–Trinajstić information content (AvgIpc) is 2.14. The maximum atomic E-state index is 2.37. The molecule has 0 amide bonds. The maximum absolute atomic E-state index is 2.37. The largest absolute Gasteiger partial charge is 0.0885 e. The van der Waals surface area contributed by atoms with E-state index in [1.165, 1.54) is 32.1 Å². The minimum Gasteiger partial charge on any atom is -0.0885 e. The van der Waals surface area contributed by atoms with E-state index in [-0.39, 0.29) is 0 Å². The van der Waals surface area contributed by atoms with Gasteiger partial charge in [-0.2, -0.15) is 0 Å². The molecule has 0 spiro atoms. The van der Waals surface area contributed by atoms with E-state index in [0.29, 0.717) is 0 Å². The van der Waals surface area contributed by atoms with Crippen molar-refractivity contribution in [1.82, 2.24) is 0 Å². The van der Waals surface area contributed by atoms with Gasteiger partial charge in [0, 0.05) is 0 Å². The number of hydrogen-bond acceptors (Lipinski definition) is 0. The molecule has 0 aliphatic heterocycles. The van der Waals surface area contributed by atoms with Crippen molar-refractivity contribution in [1.29, 1.82) is 0 Å². The molecule has 0 saturated heterocycles. The summed E-state index contributed by atoms with van der Waals surface area (Å²) < 4.78 is 0. The van der Waals surface area contributed by atoms with Gasteiger partial charge in [0.15, 0.2) is 0 Å². The molecule has 2 atom stereocenters. The minimum absolute atomic E-state index is 0.774. The Hall–Kier alpha value is -0.260. The molecule has 0 aromatic carbocycles. The van der Waals surface area contributed by atoms with Crippen LogP contribution in [0, 0.1) is 11.8 Å². The summed E-state index contributed by atoms with van der Waals surface area (Å²) in [4.78, 5) is 0. The van der Waals surface area contributed by atoms with Crippen LogP contribution in [-0.4, -0.2) is 0 Å². The van der Waals surface area contributed by atoms with Gasteiger partial charge in [-0.1, -0.05) is 59.1 Å². The maximum Gasteiger partial charge on any atom is -0.0259 e. The predicted octanol–water partition coefficient (Wildman–Crippen LogP) is 4.81. The summed E-state index contributed by atoms with van der Waals surface area (Å²) in [6, 6.07) is 0. The average molecular weight is 182 g/mol. The van der Waals surface area contributed by atoms with Crippen LogP contribution in [0.1, 0.15) is 59.8 Å². The summed E-state index contributed by atoms with van der Waals surface area (Å²) in [7, 11) is 0. The van der Waals surface area contributed by atoms with Crippen LogP contribution in [0.2, 0.25) is 0 Å². The summed E-state index contributed by atoms with van der Waals surface area (Å²) in [5.41, 5.74) is 0. The van der Waals surface area contributed by atoms with Crippen molar-refractivity contribution in [3.05, 3.63) is 12.2 Å². The van der Waals surface area contributed by atoms with Gasteiger partial charge in [-0.15, -0.1) is 0 Å². The molecule has 0 heteroatoms. The first-order valence-corrected chi connectivity index (χ1v) is 5.91. The molecule has 78 valence electrons. The van der Waals surface area contributed by atoms with Gasteiger partial charge in [0.05, 0.1) is 0 Å². The molecule has 2 unspecified atom stereocenters. The lowest BCUT2D eigenvalue weighted by molar-refractivity contribution is 0.390. The van der Waals surface area contributed by atoms with E-state index < -0.39 is 0 Å². The van der Waals surface area contributed by atoms with Crippen molar-refractivity contribution in [2.45, 2.75) is 59.8 Å².